The van der Waals surface area contributed by atoms with Crippen LogP contribution in [0.5, 0.6) is 0 Å². The average Bonchev–Trinajstić information content (AvgIpc) is 2.43. The molecule has 0 unspecified atom stereocenters. The maximum absolute atomic E-state index is 11.0. The van der Waals surface area contributed by atoms with Crippen molar-refractivity contribution in [1.82, 2.24) is 0 Å². The highest BCUT2D eigenvalue weighted by molar-refractivity contribution is 6.33. The van der Waals surface area contributed by atoms with Crippen LogP contribution in [0.2, 0.25) is 5.02 Å². The molecule has 0 spiro atoms. The van der Waals surface area contributed by atoms with Crippen molar-refractivity contribution in [3.63, 3.8) is 0 Å². The van der Waals surface area contributed by atoms with Gasteiger partial charge in [-0.05, 0) is 24.3 Å². The van der Waals surface area contributed by atoms with Gasteiger partial charge in [0.1, 0.15) is 5.69 Å². The molecule has 2 rings (SSSR count). The van der Waals surface area contributed by atoms with Gasteiger partial charge in [-0.25, -0.2) is 0 Å². The largest absolute Gasteiger partial charge is 0.398 e. The van der Waals surface area contributed by atoms with E-state index in [-0.39, 0.29) is 11.4 Å². The number of hydrogen-bond donors (Lipinski definition) is 2. The van der Waals surface area contributed by atoms with Crippen molar-refractivity contribution in [2.24, 2.45) is 0 Å². The van der Waals surface area contributed by atoms with E-state index in [0.29, 0.717) is 16.4 Å². The van der Waals surface area contributed by atoms with Crippen molar-refractivity contribution in [2.45, 2.75) is 0 Å². The number of nitrogens with two attached hydrogens (primary N) is 1. The lowest BCUT2D eigenvalue weighted by Crippen LogP contribution is -1.99. The van der Waals surface area contributed by atoms with Crippen molar-refractivity contribution in [2.75, 3.05) is 11.1 Å². The Hall–Kier alpha value is -2.87. The lowest BCUT2D eigenvalue weighted by Gasteiger charge is -2.08. The Morgan fingerprint density at radius 3 is 2.33 bits per heavy atom. The molecule has 0 atom stereocenters. The number of nitrogens with one attached hydrogen (secondary N) is 1. The molecule has 2 aromatic carbocycles. The SMILES string of the molecule is Nc1ccc(Nc2ccc([N+](=O)[O-])cc2[N+](=O)[O-])cc1Cl. The summed E-state index contributed by atoms with van der Waals surface area (Å²) in [4.78, 5) is 20.3. The van der Waals surface area contributed by atoms with E-state index in [1.54, 1.807) is 12.1 Å². The summed E-state index contributed by atoms with van der Waals surface area (Å²) in [6, 6.07) is 7.96. The zero-order valence-electron chi connectivity index (χ0n) is 10.4. The lowest BCUT2D eigenvalue weighted by atomic mass is 10.2. The third-order valence-corrected chi connectivity index (χ3v) is 3.00. The van der Waals surface area contributed by atoms with Crippen molar-refractivity contribution >= 4 is 40.0 Å². The van der Waals surface area contributed by atoms with Crippen LogP contribution in [0, 0.1) is 20.2 Å². The molecule has 0 amide bonds. The van der Waals surface area contributed by atoms with Crippen molar-refractivity contribution in [3.8, 4) is 0 Å². The molecule has 0 aliphatic rings. The molecule has 2 aromatic rings. The number of halogens is 1. The fourth-order valence-corrected chi connectivity index (χ4v) is 1.83. The zero-order chi connectivity index (χ0) is 15.6. The van der Waals surface area contributed by atoms with Gasteiger partial charge in [0.15, 0.2) is 0 Å². The fraction of sp³-hybridized carbons (Fsp3) is 0. The lowest BCUT2D eigenvalue weighted by molar-refractivity contribution is -0.393. The minimum atomic E-state index is -0.700. The normalized spacial score (nSPS) is 10.1. The summed E-state index contributed by atoms with van der Waals surface area (Å²) in [5.41, 5.74) is 5.78. The van der Waals surface area contributed by atoms with Crippen LogP contribution in [0.4, 0.5) is 28.4 Å². The number of nitro groups is 2. The summed E-state index contributed by atoms with van der Waals surface area (Å²) in [7, 11) is 0. The third kappa shape index (κ3) is 3.18. The molecular weight excluding hydrogens is 300 g/mol. The van der Waals surface area contributed by atoms with E-state index in [1.807, 2.05) is 0 Å². The van der Waals surface area contributed by atoms with Gasteiger partial charge in [0.2, 0.25) is 0 Å². The minimum Gasteiger partial charge on any atom is -0.398 e. The van der Waals surface area contributed by atoms with Gasteiger partial charge < -0.3 is 11.1 Å². The number of anilines is 3. The second kappa shape index (κ2) is 5.63. The van der Waals surface area contributed by atoms with E-state index in [0.717, 1.165) is 6.07 Å². The molecule has 0 saturated heterocycles. The number of nitrogens with zero attached hydrogens (tertiary/aromatic N) is 2. The maximum atomic E-state index is 11.0. The second-order valence-electron chi connectivity index (χ2n) is 4.08. The monoisotopic (exact) mass is 308 g/mol. The molecule has 0 radical (unpaired) electrons. The number of benzene rings is 2. The summed E-state index contributed by atoms with van der Waals surface area (Å²) >= 11 is 5.86. The number of hydrogen-bond acceptors (Lipinski definition) is 6. The van der Waals surface area contributed by atoms with Crippen LogP contribution < -0.4 is 11.1 Å². The Bertz CT molecular complexity index is 735. The Morgan fingerprint density at radius 2 is 1.76 bits per heavy atom. The molecule has 0 aliphatic carbocycles. The van der Waals surface area contributed by atoms with Crippen molar-refractivity contribution in [3.05, 3.63) is 61.6 Å². The molecule has 9 heteroatoms. The first kappa shape index (κ1) is 14.5. The number of non-ortho nitro benzene ring substituents is 1. The molecule has 108 valence electrons. The van der Waals surface area contributed by atoms with Gasteiger partial charge in [-0.2, -0.15) is 0 Å². The topological polar surface area (TPSA) is 124 Å². The minimum absolute atomic E-state index is 0.117. The van der Waals surface area contributed by atoms with Crippen LogP contribution in [0.15, 0.2) is 36.4 Å². The van der Waals surface area contributed by atoms with Gasteiger partial charge >= 0.3 is 0 Å². The van der Waals surface area contributed by atoms with Gasteiger partial charge in [-0.1, -0.05) is 11.6 Å². The molecule has 0 aromatic heterocycles. The molecule has 0 heterocycles. The Labute approximate surface area is 123 Å². The molecule has 3 N–H and O–H groups in total. The van der Waals surface area contributed by atoms with Gasteiger partial charge in [-0.15, -0.1) is 0 Å². The highest BCUT2D eigenvalue weighted by Crippen LogP contribution is 2.32. The molecule has 0 bridgehead atoms. The van der Waals surface area contributed by atoms with E-state index in [4.69, 9.17) is 17.3 Å². The summed E-state index contributed by atoms with van der Waals surface area (Å²) in [6.07, 6.45) is 0. The maximum Gasteiger partial charge on any atom is 0.299 e. The second-order valence-corrected chi connectivity index (χ2v) is 4.48. The first-order valence-electron chi connectivity index (χ1n) is 5.63. The first-order chi connectivity index (χ1) is 9.88. The van der Waals surface area contributed by atoms with E-state index >= 15 is 0 Å². The predicted octanol–water partition coefficient (Wildman–Crippen LogP) is 3.48. The van der Waals surface area contributed by atoms with Crippen LogP contribution >= 0.6 is 11.6 Å². The van der Waals surface area contributed by atoms with E-state index in [1.165, 1.54) is 18.2 Å². The predicted molar refractivity (Wildman–Crippen MR) is 78.9 cm³/mol. The zero-order valence-corrected chi connectivity index (χ0v) is 11.2. The highest BCUT2D eigenvalue weighted by atomic mass is 35.5. The molecule has 21 heavy (non-hydrogen) atoms. The van der Waals surface area contributed by atoms with E-state index < -0.39 is 15.5 Å². The van der Waals surface area contributed by atoms with E-state index in [9.17, 15) is 20.2 Å². The Morgan fingerprint density at radius 1 is 1.05 bits per heavy atom. The molecular formula is C12H9ClN4O4. The van der Waals surface area contributed by atoms with Gasteiger partial charge in [0, 0.05) is 11.8 Å². The standard InChI is InChI=1S/C12H9ClN4O4/c13-9-5-7(1-3-10(9)14)15-11-4-2-8(16(18)19)6-12(11)17(20)21/h1-6,15H,14H2. The summed E-state index contributed by atoms with van der Waals surface area (Å²) in [5.74, 6) is 0. The Kier molecular flexibility index (Phi) is 3.90. The van der Waals surface area contributed by atoms with Gasteiger partial charge in [-0.3, -0.25) is 20.2 Å². The number of nitro benzene ring substituents is 2. The summed E-state index contributed by atoms with van der Waals surface area (Å²) < 4.78 is 0. The average molecular weight is 309 g/mol. The third-order valence-electron chi connectivity index (χ3n) is 2.67. The van der Waals surface area contributed by atoms with E-state index in [2.05, 4.69) is 5.32 Å². The van der Waals surface area contributed by atoms with Gasteiger partial charge in [0.05, 0.1) is 26.6 Å². The number of nitrogen functional groups attached to an aromatic ring is 1. The Balaban J connectivity index is 2.41. The van der Waals surface area contributed by atoms with Crippen LogP contribution in [0.25, 0.3) is 0 Å². The quantitative estimate of drug-likeness (QED) is 0.506. The van der Waals surface area contributed by atoms with Crippen LogP contribution in [-0.2, 0) is 0 Å². The van der Waals surface area contributed by atoms with Crippen LogP contribution in [-0.4, -0.2) is 9.85 Å². The molecule has 0 aliphatic heterocycles. The van der Waals surface area contributed by atoms with Crippen molar-refractivity contribution < 1.29 is 9.85 Å². The van der Waals surface area contributed by atoms with Crippen LogP contribution in [0.3, 0.4) is 0 Å². The number of rotatable bonds is 4. The highest BCUT2D eigenvalue weighted by Gasteiger charge is 2.19. The van der Waals surface area contributed by atoms with Crippen LogP contribution in [0.1, 0.15) is 0 Å². The first-order valence-corrected chi connectivity index (χ1v) is 6.01. The molecule has 0 saturated carbocycles. The van der Waals surface area contributed by atoms with Gasteiger partial charge in [0.25, 0.3) is 11.4 Å². The molecule has 0 fully saturated rings. The summed E-state index contributed by atoms with van der Waals surface area (Å²) in [6.45, 7) is 0. The summed E-state index contributed by atoms with van der Waals surface area (Å²) in [5, 5.41) is 24.7. The fourth-order valence-electron chi connectivity index (χ4n) is 1.65. The smallest absolute Gasteiger partial charge is 0.299 e. The molecule has 8 nitrogen and oxygen atoms in total. The van der Waals surface area contributed by atoms with Crippen molar-refractivity contribution in [1.29, 1.82) is 0 Å².